The Morgan fingerprint density at radius 2 is 2.21 bits per heavy atom. The third-order valence-electron chi connectivity index (χ3n) is 2.49. The van der Waals surface area contributed by atoms with Crippen LogP contribution in [0.3, 0.4) is 0 Å². The van der Waals surface area contributed by atoms with E-state index in [1.807, 2.05) is 0 Å². The summed E-state index contributed by atoms with van der Waals surface area (Å²) < 4.78 is 5.66. The van der Waals surface area contributed by atoms with E-state index in [1.165, 1.54) is 0 Å². The molecule has 0 radical (unpaired) electrons. The molecular formula is C14H12ClNO3. The van der Waals surface area contributed by atoms with Gasteiger partial charge in [0.25, 0.3) is 0 Å². The van der Waals surface area contributed by atoms with Crippen LogP contribution in [0.15, 0.2) is 48.8 Å². The highest BCUT2D eigenvalue weighted by atomic mass is 35.5. The molecule has 4 nitrogen and oxygen atoms in total. The van der Waals surface area contributed by atoms with Gasteiger partial charge in [0.1, 0.15) is 11.9 Å². The highest BCUT2D eigenvalue weighted by Crippen LogP contribution is 2.26. The first-order valence-electron chi connectivity index (χ1n) is 5.69. The molecule has 0 aliphatic heterocycles. The molecule has 1 aromatic carbocycles. The number of carboxylic acids is 1. The molecule has 98 valence electrons. The maximum Gasteiger partial charge on any atom is 0.307 e. The Labute approximate surface area is 115 Å². The molecule has 0 aliphatic carbocycles. The number of carboxylic acid groups (broad SMARTS) is 1. The third kappa shape index (κ3) is 3.96. The van der Waals surface area contributed by atoms with Crippen molar-refractivity contribution < 1.29 is 14.6 Å². The van der Waals surface area contributed by atoms with Gasteiger partial charge in [-0.1, -0.05) is 23.7 Å². The molecule has 1 unspecified atom stereocenters. The Morgan fingerprint density at radius 3 is 2.84 bits per heavy atom. The summed E-state index contributed by atoms with van der Waals surface area (Å²) in [6.07, 6.45) is 2.42. The SMILES string of the molecule is O=C(O)CC(Oc1cccnc1)c1cccc(Cl)c1. The van der Waals surface area contributed by atoms with Crippen molar-refractivity contribution in [1.29, 1.82) is 0 Å². The van der Waals surface area contributed by atoms with Crippen LogP contribution < -0.4 is 4.74 Å². The van der Waals surface area contributed by atoms with Crippen molar-refractivity contribution in [1.82, 2.24) is 4.98 Å². The number of hydrogen-bond donors (Lipinski definition) is 1. The summed E-state index contributed by atoms with van der Waals surface area (Å²) in [5, 5.41) is 9.51. The Balaban J connectivity index is 2.23. The quantitative estimate of drug-likeness (QED) is 0.911. The van der Waals surface area contributed by atoms with Gasteiger partial charge in [0.05, 0.1) is 12.6 Å². The van der Waals surface area contributed by atoms with Crippen LogP contribution in [-0.4, -0.2) is 16.1 Å². The van der Waals surface area contributed by atoms with Crippen molar-refractivity contribution in [2.24, 2.45) is 0 Å². The largest absolute Gasteiger partial charge is 0.484 e. The van der Waals surface area contributed by atoms with Crippen molar-refractivity contribution in [2.75, 3.05) is 0 Å². The molecule has 0 fully saturated rings. The maximum absolute atomic E-state index is 10.9. The summed E-state index contributed by atoms with van der Waals surface area (Å²) in [6.45, 7) is 0. The van der Waals surface area contributed by atoms with Crippen LogP contribution in [-0.2, 0) is 4.79 Å². The molecule has 2 aromatic rings. The van der Waals surface area contributed by atoms with E-state index in [-0.39, 0.29) is 6.42 Å². The van der Waals surface area contributed by atoms with Gasteiger partial charge in [-0.05, 0) is 29.8 Å². The summed E-state index contributed by atoms with van der Waals surface area (Å²) in [5.41, 5.74) is 0.721. The van der Waals surface area contributed by atoms with Gasteiger partial charge in [-0.15, -0.1) is 0 Å². The van der Waals surface area contributed by atoms with Crippen molar-refractivity contribution in [3.8, 4) is 5.75 Å². The predicted octanol–water partition coefficient (Wildman–Crippen LogP) is 3.33. The van der Waals surface area contributed by atoms with Crippen LogP contribution in [0.25, 0.3) is 0 Å². The highest BCUT2D eigenvalue weighted by molar-refractivity contribution is 6.30. The Kier molecular flexibility index (Phi) is 4.36. The number of rotatable bonds is 5. The van der Waals surface area contributed by atoms with Crippen LogP contribution >= 0.6 is 11.6 Å². The topological polar surface area (TPSA) is 59.4 Å². The fourth-order valence-electron chi connectivity index (χ4n) is 1.67. The van der Waals surface area contributed by atoms with Gasteiger partial charge >= 0.3 is 5.97 Å². The monoisotopic (exact) mass is 277 g/mol. The minimum absolute atomic E-state index is 0.144. The van der Waals surface area contributed by atoms with E-state index in [0.717, 1.165) is 5.56 Å². The number of ether oxygens (including phenoxy) is 1. The highest BCUT2D eigenvalue weighted by Gasteiger charge is 2.17. The zero-order valence-corrected chi connectivity index (χ0v) is 10.7. The number of aromatic nitrogens is 1. The van der Waals surface area contributed by atoms with E-state index in [2.05, 4.69) is 4.98 Å². The molecule has 1 heterocycles. The zero-order chi connectivity index (χ0) is 13.7. The number of aliphatic carboxylic acids is 1. The first kappa shape index (κ1) is 13.4. The van der Waals surface area contributed by atoms with Gasteiger partial charge in [0, 0.05) is 11.2 Å². The average Bonchev–Trinajstić information content (AvgIpc) is 2.39. The standard InChI is InChI=1S/C14H12ClNO3/c15-11-4-1-3-10(7-11)13(8-14(17)18)19-12-5-2-6-16-9-12/h1-7,9,13H,8H2,(H,17,18). The summed E-state index contributed by atoms with van der Waals surface area (Å²) in [7, 11) is 0. The van der Waals surface area contributed by atoms with Gasteiger partial charge in [-0.2, -0.15) is 0 Å². The number of hydrogen-bond acceptors (Lipinski definition) is 3. The van der Waals surface area contributed by atoms with Crippen molar-refractivity contribution in [3.63, 3.8) is 0 Å². The number of pyridine rings is 1. The number of benzene rings is 1. The summed E-state index contributed by atoms with van der Waals surface area (Å²) in [4.78, 5) is 14.9. The Morgan fingerprint density at radius 1 is 1.37 bits per heavy atom. The molecule has 0 bridgehead atoms. The average molecular weight is 278 g/mol. The van der Waals surface area contributed by atoms with Crippen LogP contribution in [0.2, 0.25) is 5.02 Å². The van der Waals surface area contributed by atoms with E-state index in [0.29, 0.717) is 10.8 Å². The van der Waals surface area contributed by atoms with E-state index >= 15 is 0 Å². The summed E-state index contributed by atoms with van der Waals surface area (Å²) >= 11 is 5.91. The lowest BCUT2D eigenvalue weighted by Gasteiger charge is -2.17. The van der Waals surface area contributed by atoms with Gasteiger partial charge in [-0.25, -0.2) is 0 Å². The second kappa shape index (κ2) is 6.20. The first-order valence-corrected chi connectivity index (χ1v) is 6.07. The molecule has 5 heteroatoms. The molecule has 1 aromatic heterocycles. The molecule has 19 heavy (non-hydrogen) atoms. The smallest absolute Gasteiger partial charge is 0.307 e. The predicted molar refractivity (Wildman–Crippen MR) is 71.3 cm³/mol. The van der Waals surface area contributed by atoms with Crippen LogP contribution in [0.4, 0.5) is 0 Å². The van der Waals surface area contributed by atoms with E-state index in [4.69, 9.17) is 21.4 Å². The molecule has 2 rings (SSSR count). The number of carbonyl (C=O) groups is 1. The summed E-state index contributed by atoms with van der Waals surface area (Å²) in [6, 6.07) is 10.4. The number of halogens is 1. The Bertz CT molecular complexity index is 560. The molecule has 0 saturated carbocycles. The van der Waals surface area contributed by atoms with Gasteiger partial charge in [0.2, 0.25) is 0 Å². The molecular weight excluding hydrogens is 266 g/mol. The first-order chi connectivity index (χ1) is 9.15. The lowest BCUT2D eigenvalue weighted by molar-refractivity contribution is -0.138. The lowest BCUT2D eigenvalue weighted by atomic mass is 10.1. The zero-order valence-electron chi connectivity index (χ0n) is 9.99. The molecule has 1 atom stereocenters. The van der Waals surface area contributed by atoms with Crippen LogP contribution in [0.5, 0.6) is 5.75 Å². The van der Waals surface area contributed by atoms with Gasteiger partial charge < -0.3 is 9.84 Å². The molecule has 1 N–H and O–H groups in total. The van der Waals surface area contributed by atoms with Crippen molar-refractivity contribution >= 4 is 17.6 Å². The second-order valence-electron chi connectivity index (χ2n) is 3.95. The molecule has 0 saturated heterocycles. The molecule has 0 amide bonds. The minimum Gasteiger partial charge on any atom is -0.484 e. The fraction of sp³-hybridized carbons (Fsp3) is 0.143. The lowest BCUT2D eigenvalue weighted by Crippen LogP contribution is -2.13. The van der Waals surface area contributed by atoms with Crippen molar-refractivity contribution in [3.05, 3.63) is 59.4 Å². The molecule has 0 spiro atoms. The fourth-order valence-corrected chi connectivity index (χ4v) is 1.87. The van der Waals surface area contributed by atoms with Gasteiger partial charge in [0.15, 0.2) is 0 Å². The normalized spacial score (nSPS) is 11.8. The molecule has 0 aliphatic rings. The van der Waals surface area contributed by atoms with Crippen LogP contribution in [0, 0.1) is 0 Å². The Hall–Kier alpha value is -2.07. The number of nitrogens with zero attached hydrogens (tertiary/aromatic N) is 1. The summed E-state index contributed by atoms with van der Waals surface area (Å²) in [5.74, 6) is -0.414. The van der Waals surface area contributed by atoms with Gasteiger partial charge in [-0.3, -0.25) is 9.78 Å². The maximum atomic E-state index is 10.9. The van der Waals surface area contributed by atoms with E-state index in [1.54, 1.807) is 48.8 Å². The van der Waals surface area contributed by atoms with E-state index in [9.17, 15) is 4.79 Å². The third-order valence-corrected chi connectivity index (χ3v) is 2.73. The van der Waals surface area contributed by atoms with Crippen molar-refractivity contribution in [2.45, 2.75) is 12.5 Å². The minimum atomic E-state index is -0.936. The van der Waals surface area contributed by atoms with E-state index < -0.39 is 12.1 Å². The van der Waals surface area contributed by atoms with Crippen LogP contribution in [0.1, 0.15) is 18.1 Å². The second-order valence-corrected chi connectivity index (χ2v) is 4.38.